The monoisotopic (exact) mass is 232 g/mol. The van der Waals surface area contributed by atoms with E-state index in [9.17, 15) is 4.79 Å². The Hall–Kier alpha value is -0.260. The molecule has 0 aliphatic carbocycles. The predicted molar refractivity (Wildman–Crippen MR) is 63.2 cm³/mol. The molecule has 15 heavy (non-hydrogen) atoms. The van der Waals surface area contributed by atoms with Crippen LogP contribution in [-0.2, 0) is 9.53 Å². The second-order valence-corrected chi connectivity index (χ2v) is 5.08. The maximum Gasteiger partial charge on any atom is 0.239 e. The van der Waals surface area contributed by atoms with Crippen LogP contribution in [0.15, 0.2) is 0 Å². The maximum atomic E-state index is 11.8. The highest BCUT2D eigenvalue weighted by Crippen LogP contribution is 2.06. The van der Waals surface area contributed by atoms with Gasteiger partial charge in [0.2, 0.25) is 5.91 Å². The number of hydrogen-bond donors (Lipinski definition) is 2. The Morgan fingerprint density at radius 1 is 1.73 bits per heavy atom. The van der Waals surface area contributed by atoms with E-state index in [0.717, 1.165) is 6.54 Å². The highest BCUT2D eigenvalue weighted by Gasteiger charge is 2.27. The van der Waals surface area contributed by atoms with Crippen LogP contribution in [0.1, 0.15) is 13.8 Å². The van der Waals surface area contributed by atoms with Gasteiger partial charge < -0.3 is 15.4 Å². The van der Waals surface area contributed by atoms with Gasteiger partial charge in [-0.05, 0) is 13.2 Å². The van der Waals surface area contributed by atoms with Gasteiger partial charge in [-0.15, -0.1) is 0 Å². The van der Waals surface area contributed by atoms with E-state index < -0.39 is 0 Å². The fourth-order valence-electron chi connectivity index (χ4n) is 1.46. The first-order chi connectivity index (χ1) is 7.15. The van der Waals surface area contributed by atoms with Crippen LogP contribution in [0.2, 0.25) is 0 Å². The molecule has 0 aromatic carbocycles. The first kappa shape index (κ1) is 12.8. The molecule has 0 bridgehead atoms. The normalized spacial score (nSPS) is 28.5. The number of hydrogen-bond acceptors (Lipinski definition) is 4. The molecule has 1 aliphatic heterocycles. The zero-order chi connectivity index (χ0) is 11.3. The molecular weight excluding hydrogens is 212 g/mol. The fourth-order valence-corrected chi connectivity index (χ4v) is 1.71. The van der Waals surface area contributed by atoms with Crippen molar-refractivity contribution < 1.29 is 9.53 Å². The molecule has 0 saturated carbocycles. The van der Waals surface area contributed by atoms with Crippen LogP contribution in [0.5, 0.6) is 0 Å². The molecule has 0 aromatic rings. The van der Waals surface area contributed by atoms with E-state index in [4.69, 9.17) is 4.74 Å². The molecule has 0 spiro atoms. The van der Waals surface area contributed by atoms with Gasteiger partial charge in [0.1, 0.15) is 6.04 Å². The minimum Gasteiger partial charge on any atom is -0.375 e. The molecule has 1 aliphatic rings. The van der Waals surface area contributed by atoms with Gasteiger partial charge in [0, 0.05) is 18.3 Å². The molecule has 5 heteroatoms. The summed E-state index contributed by atoms with van der Waals surface area (Å²) < 4.78 is 5.42. The Morgan fingerprint density at radius 2 is 2.47 bits per heavy atom. The summed E-state index contributed by atoms with van der Waals surface area (Å²) in [6.45, 7) is 6.17. The van der Waals surface area contributed by atoms with Gasteiger partial charge in [-0.1, -0.05) is 6.92 Å². The Labute approximate surface area is 95.5 Å². The largest absolute Gasteiger partial charge is 0.375 e. The second kappa shape index (κ2) is 6.35. The summed E-state index contributed by atoms with van der Waals surface area (Å²) in [5.41, 5.74) is 0. The average Bonchev–Trinajstić information content (AvgIpc) is 2.26. The fraction of sp³-hybridized carbons (Fsp3) is 0.900. The van der Waals surface area contributed by atoms with E-state index in [1.165, 1.54) is 0 Å². The lowest BCUT2D eigenvalue weighted by Crippen LogP contribution is -2.56. The molecule has 0 aromatic heterocycles. The zero-order valence-electron chi connectivity index (χ0n) is 9.58. The van der Waals surface area contributed by atoms with Gasteiger partial charge in [0.15, 0.2) is 0 Å². The van der Waals surface area contributed by atoms with Gasteiger partial charge >= 0.3 is 0 Å². The number of carbonyl (C=O) groups excluding carboxylic acids is 1. The summed E-state index contributed by atoms with van der Waals surface area (Å²) in [4.78, 5) is 11.8. The van der Waals surface area contributed by atoms with Crippen molar-refractivity contribution in [1.29, 1.82) is 0 Å². The van der Waals surface area contributed by atoms with Crippen LogP contribution in [0.4, 0.5) is 0 Å². The molecular formula is C10H20N2O2S. The summed E-state index contributed by atoms with van der Waals surface area (Å²) >= 11 is 1.75. The third kappa shape index (κ3) is 4.01. The third-order valence-electron chi connectivity index (χ3n) is 2.57. The van der Waals surface area contributed by atoms with Crippen molar-refractivity contribution in [2.45, 2.75) is 31.2 Å². The van der Waals surface area contributed by atoms with Crippen molar-refractivity contribution in [3.05, 3.63) is 0 Å². The quantitative estimate of drug-likeness (QED) is 0.728. The van der Waals surface area contributed by atoms with Crippen molar-refractivity contribution in [2.24, 2.45) is 0 Å². The van der Waals surface area contributed by atoms with E-state index in [1.807, 2.05) is 13.2 Å². The predicted octanol–water partition coefficient (Wildman–Crippen LogP) is 0.231. The molecule has 88 valence electrons. The molecule has 1 amide bonds. The van der Waals surface area contributed by atoms with E-state index in [2.05, 4.69) is 17.6 Å². The first-order valence-corrected chi connectivity index (χ1v) is 6.59. The van der Waals surface area contributed by atoms with E-state index in [-0.39, 0.29) is 18.1 Å². The SMILES string of the molecule is CSC(C)CNC(=O)[C@H]1NCCO[C@@H]1C. The highest BCUT2D eigenvalue weighted by atomic mass is 32.2. The summed E-state index contributed by atoms with van der Waals surface area (Å²) in [7, 11) is 0. The standard InChI is InChI=1S/C10H20N2O2S/c1-7(15-3)6-12-10(13)9-8(2)14-5-4-11-9/h7-9,11H,4-6H2,1-3H3,(H,12,13)/t7?,8-,9+/m1/s1. The molecule has 1 unspecified atom stereocenters. The Balaban J connectivity index is 2.32. The van der Waals surface area contributed by atoms with Gasteiger partial charge in [-0.3, -0.25) is 4.79 Å². The number of amides is 1. The van der Waals surface area contributed by atoms with Gasteiger partial charge in [-0.2, -0.15) is 11.8 Å². The van der Waals surface area contributed by atoms with Gasteiger partial charge in [0.25, 0.3) is 0 Å². The Bertz CT molecular complexity index is 214. The molecule has 3 atom stereocenters. The maximum absolute atomic E-state index is 11.8. The molecule has 0 radical (unpaired) electrons. The minimum atomic E-state index is -0.201. The summed E-state index contributed by atoms with van der Waals surface area (Å²) in [6, 6.07) is -0.201. The minimum absolute atomic E-state index is 0.0386. The Morgan fingerprint density at radius 3 is 3.07 bits per heavy atom. The summed E-state index contributed by atoms with van der Waals surface area (Å²) in [6.07, 6.45) is 2.00. The lowest BCUT2D eigenvalue weighted by molar-refractivity contribution is -0.128. The number of carbonyl (C=O) groups is 1. The van der Waals surface area contributed by atoms with Crippen LogP contribution >= 0.6 is 11.8 Å². The number of thioether (sulfide) groups is 1. The topological polar surface area (TPSA) is 50.4 Å². The first-order valence-electron chi connectivity index (χ1n) is 5.30. The van der Waals surface area contributed by atoms with Crippen LogP contribution in [0.25, 0.3) is 0 Å². The van der Waals surface area contributed by atoms with Crippen LogP contribution in [0.3, 0.4) is 0 Å². The van der Waals surface area contributed by atoms with Crippen molar-refractivity contribution in [2.75, 3.05) is 26.0 Å². The van der Waals surface area contributed by atoms with Crippen molar-refractivity contribution in [3.63, 3.8) is 0 Å². The molecule has 1 heterocycles. The lowest BCUT2D eigenvalue weighted by Gasteiger charge is -2.29. The van der Waals surface area contributed by atoms with E-state index in [1.54, 1.807) is 11.8 Å². The number of ether oxygens (including phenoxy) is 1. The number of nitrogens with one attached hydrogen (secondary N) is 2. The van der Waals surface area contributed by atoms with Crippen molar-refractivity contribution in [1.82, 2.24) is 10.6 Å². The average molecular weight is 232 g/mol. The molecule has 4 nitrogen and oxygen atoms in total. The summed E-state index contributed by atoms with van der Waals surface area (Å²) in [5.74, 6) is 0.0445. The molecule has 2 N–H and O–H groups in total. The van der Waals surface area contributed by atoms with Gasteiger partial charge in [0.05, 0.1) is 12.7 Å². The third-order valence-corrected chi connectivity index (χ3v) is 3.54. The van der Waals surface area contributed by atoms with Crippen LogP contribution < -0.4 is 10.6 Å². The van der Waals surface area contributed by atoms with E-state index in [0.29, 0.717) is 18.4 Å². The number of rotatable bonds is 4. The van der Waals surface area contributed by atoms with Gasteiger partial charge in [-0.25, -0.2) is 0 Å². The summed E-state index contributed by atoms with van der Waals surface area (Å²) in [5, 5.41) is 6.55. The highest BCUT2D eigenvalue weighted by molar-refractivity contribution is 7.99. The van der Waals surface area contributed by atoms with Crippen molar-refractivity contribution >= 4 is 17.7 Å². The molecule has 1 saturated heterocycles. The van der Waals surface area contributed by atoms with Crippen LogP contribution in [0, 0.1) is 0 Å². The number of morpholine rings is 1. The second-order valence-electron chi connectivity index (χ2n) is 3.80. The van der Waals surface area contributed by atoms with E-state index >= 15 is 0 Å². The van der Waals surface area contributed by atoms with Crippen LogP contribution in [-0.4, -0.2) is 49.3 Å². The zero-order valence-corrected chi connectivity index (χ0v) is 10.4. The Kier molecular flexibility index (Phi) is 5.42. The molecule has 1 fully saturated rings. The lowest BCUT2D eigenvalue weighted by atomic mass is 10.1. The van der Waals surface area contributed by atoms with Crippen molar-refractivity contribution in [3.8, 4) is 0 Å². The smallest absolute Gasteiger partial charge is 0.239 e. The molecule has 1 rings (SSSR count).